The molecule has 4 N–H and O–H groups in total. The molecule has 0 spiro atoms. The molecule has 1 aliphatic rings. The molecule has 0 bridgehead atoms. The lowest BCUT2D eigenvalue weighted by Gasteiger charge is -2.32. The smallest absolute Gasteiger partial charge is 0.340 e. The number of aromatic nitrogens is 2. The molecule has 0 saturated carbocycles. The van der Waals surface area contributed by atoms with Gasteiger partial charge in [-0.2, -0.15) is 13.2 Å². The summed E-state index contributed by atoms with van der Waals surface area (Å²) in [6.45, 7) is 4.77. The quantitative estimate of drug-likeness (QED) is 0.171. The maximum Gasteiger partial charge on any atom is 0.417 e. The number of nitrogens with one attached hydrogen (secondary N) is 2. The van der Waals surface area contributed by atoms with Gasteiger partial charge < -0.3 is 20.1 Å². The lowest BCUT2D eigenvalue weighted by atomic mass is 10.1. The van der Waals surface area contributed by atoms with Crippen LogP contribution in [0.1, 0.15) is 31.8 Å². The summed E-state index contributed by atoms with van der Waals surface area (Å²) >= 11 is 6.22. The fourth-order valence-corrected chi connectivity index (χ4v) is 4.84. The molecule has 9 nitrogen and oxygen atoms in total. The van der Waals surface area contributed by atoms with Crippen LogP contribution in [0.2, 0.25) is 5.02 Å². The average molecular weight is 586 g/mol. The van der Waals surface area contributed by atoms with Gasteiger partial charge in [0.2, 0.25) is 5.95 Å². The number of imidazole rings is 1. The molecule has 2 heterocycles. The second-order valence-corrected chi connectivity index (χ2v) is 10.2. The summed E-state index contributed by atoms with van der Waals surface area (Å²) in [6.07, 6.45) is -4.77. The lowest BCUT2D eigenvalue weighted by molar-refractivity contribution is -0.137. The molecule has 5 rings (SSSR count). The first kappa shape index (κ1) is 28.4. The van der Waals surface area contributed by atoms with Crippen molar-refractivity contribution in [2.45, 2.75) is 13.1 Å². The van der Waals surface area contributed by atoms with Crippen molar-refractivity contribution in [3.05, 3.63) is 81.9 Å². The van der Waals surface area contributed by atoms with Crippen LogP contribution in [0.3, 0.4) is 0 Å². The second-order valence-electron chi connectivity index (χ2n) is 9.83. The summed E-state index contributed by atoms with van der Waals surface area (Å²) in [4.78, 5) is 38.9. The molecule has 13 heteroatoms. The summed E-state index contributed by atoms with van der Waals surface area (Å²) in [5.41, 5.74) is 0.154. The van der Waals surface area contributed by atoms with Crippen LogP contribution in [-0.2, 0) is 6.18 Å². The van der Waals surface area contributed by atoms with Crippen LogP contribution < -0.4 is 21.1 Å². The van der Waals surface area contributed by atoms with Crippen LogP contribution in [0.4, 0.5) is 30.5 Å². The molecule has 1 fully saturated rings. The van der Waals surface area contributed by atoms with Gasteiger partial charge in [-0.15, -0.1) is 0 Å². The molecule has 0 atom stereocenters. The predicted molar refractivity (Wildman–Crippen MR) is 152 cm³/mol. The Morgan fingerprint density at radius 3 is 2.46 bits per heavy atom. The number of hydrogen-bond donors (Lipinski definition) is 3. The number of nitrogens with two attached hydrogens (primary N) is 1. The first-order chi connectivity index (χ1) is 19.4. The zero-order valence-corrected chi connectivity index (χ0v) is 23.0. The van der Waals surface area contributed by atoms with Gasteiger partial charge in [-0.05, 0) is 55.9 Å². The zero-order chi connectivity index (χ0) is 29.5. The highest BCUT2D eigenvalue weighted by Gasteiger charge is 2.36. The number of hydrogen-bond acceptors (Lipinski definition) is 6. The van der Waals surface area contributed by atoms with E-state index in [1.807, 2.05) is 11.9 Å². The van der Waals surface area contributed by atoms with Crippen LogP contribution in [0.5, 0.6) is 0 Å². The van der Waals surface area contributed by atoms with Crippen molar-refractivity contribution in [2.24, 2.45) is 5.84 Å². The zero-order valence-electron chi connectivity index (χ0n) is 22.2. The summed E-state index contributed by atoms with van der Waals surface area (Å²) < 4.78 is 40.9. The summed E-state index contributed by atoms with van der Waals surface area (Å²) in [5, 5.41) is 3.88. The first-order valence-corrected chi connectivity index (χ1v) is 13.1. The Kier molecular flexibility index (Phi) is 7.64. The van der Waals surface area contributed by atoms with Crippen molar-refractivity contribution >= 4 is 51.8 Å². The van der Waals surface area contributed by atoms with Crippen LogP contribution in [-0.4, -0.2) is 59.9 Å². The van der Waals surface area contributed by atoms with Crippen molar-refractivity contribution in [3.63, 3.8) is 0 Å². The molecule has 1 saturated heterocycles. The number of rotatable bonds is 5. The molecule has 0 unspecified atom stereocenters. The van der Waals surface area contributed by atoms with E-state index in [-0.39, 0.29) is 11.3 Å². The number of aromatic amines is 1. The van der Waals surface area contributed by atoms with Crippen LogP contribution in [0, 0.1) is 6.92 Å². The minimum atomic E-state index is -4.77. The van der Waals surface area contributed by atoms with E-state index in [2.05, 4.69) is 20.2 Å². The van der Waals surface area contributed by atoms with Gasteiger partial charge >= 0.3 is 6.18 Å². The number of carbonyl (C=O) groups excluding carboxylic acids is 2. The van der Waals surface area contributed by atoms with E-state index in [9.17, 15) is 22.8 Å². The standard InChI is InChI=1S/C28H27ClF3N7O2/c1-16-21(29)8-5-9-22(16)34-25(40)19-14-17(39(33)26(41)18-6-3-4-7-20(18)28(30,31)32)15-23-24(19)36-27(35-23)38-12-10-37(2)11-13-38/h3-9,14-15H,10-13,33H2,1-2H3,(H,34,40)(H,35,36). The van der Waals surface area contributed by atoms with E-state index >= 15 is 0 Å². The highest BCUT2D eigenvalue weighted by atomic mass is 35.5. The van der Waals surface area contributed by atoms with Crippen LogP contribution in [0.25, 0.3) is 11.0 Å². The largest absolute Gasteiger partial charge is 0.417 e. The van der Waals surface area contributed by atoms with Crippen molar-refractivity contribution in [1.29, 1.82) is 0 Å². The van der Waals surface area contributed by atoms with E-state index in [4.69, 9.17) is 17.4 Å². The van der Waals surface area contributed by atoms with Gasteiger partial charge in [0.25, 0.3) is 11.8 Å². The lowest BCUT2D eigenvalue weighted by Crippen LogP contribution is -2.44. The normalized spacial score (nSPS) is 14.4. The molecule has 41 heavy (non-hydrogen) atoms. The van der Waals surface area contributed by atoms with Gasteiger partial charge in [-0.25, -0.2) is 15.8 Å². The fourth-order valence-electron chi connectivity index (χ4n) is 4.67. The van der Waals surface area contributed by atoms with E-state index in [0.29, 0.717) is 51.4 Å². The van der Waals surface area contributed by atoms with Crippen molar-refractivity contribution < 1.29 is 22.8 Å². The Morgan fingerprint density at radius 2 is 1.76 bits per heavy atom. The maximum atomic E-state index is 13.6. The number of likely N-dealkylation sites (N-methyl/N-ethyl adjacent to an activating group) is 1. The van der Waals surface area contributed by atoms with Crippen molar-refractivity contribution in [3.8, 4) is 0 Å². The predicted octanol–water partition coefficient (Wildman–Crippen LogP) is 5.07. The van der Waals surface area contributed by atoms with Crippen molar-refractivity contribution in [2.75, 3.05) is 48.5 Å². The number of alkyl halides is 3. The van der Waals surface area contributed by atoms with Gasteiger partial charge in [-0.3, -0.25) is 9.59 Å². The third-order valence-electron chi connectivity index (χ3n) is 7.08. The number of H-pyrrole nitrogens is 1. The number of benzene rings is 3. The minimum Gasteiger partial charge on any atom is -0.340 e. The van der Waals surface area contributed by atoms with Crippen LogP contribution in [0.15, 0.2) is 54.6 Å². The van der Waals surface area contributed by atoms with Gasteiger partial charge in [-0.1, -0.05) is 29.8 Å². The SMILES string of the molecule is Cc1c(Cl)cccc1NC(=O)c1cc(N(N)C(=O)c2ccccc2C(F)(F)F)cc2[nH]c(N3CCN(C)CC3)nc12. The van der Waals surface area contributed by atoms with Gasteiger partial charge in [0.05, 0.1) is 27.9 Å². The molecule has 0 radical (unpaired) electrons. The molecular formula is C28H27ClF3N7O2. The molecule has 2 amide bonds. The third-order valence-corrected chi connectivity index (χ3v) is 7.49. The molecular weight excluding hydrogens is 559 g/mol. The number of amides is 2. The Morgan fingerprint density at radius 1 is 1.05 bits per heavy atom. The van der Waals surface area contributed by atoms with Gasteiger partial charge in [0.15, 0.2) is 0 Å². The number of fused-ring (bicyclic) bond motifs is 1. The summed E-state index contributed by atoms with van der Waals surface area (Å²) in [6, 6.07) is 12.3. The van der Waals surface area contributed by atoms with E-state index in [1.165, 1.54) is 24.3 Å². The van der Waals surface area contributed by atoms with Gasteiger partial charge in [0, 0.05) is 36.9 Å². The minimum absolute atomic E-state index is 0.000945. The second kappa shape index (κ2) is 11.0. The highest BCUT2D eigenvalue weighted by molar-refractivity contribution is 6.32. The third kappa shape index (κ3) is 5.71. The first-order valence-electron chi connectivity index (χ1n) is 12.7. The number of hydrazine groups is 1. The Hall–Kier alpha value is -4.13. The highest BCUT2D eigenvalue weighted by Crippen LogP contribution is 2.34. The number of piperazine rings is 1. The Bertz CT molecular complexity index is 1630. The summed E-state index contributed by atoms with van der Waals surface area (Å²) in [7, 11) is 2.02. The summed E-state index contributed by atoms with van der Waals surface area (Å²) in [5.74, 6) is 5.00. The Balaban J connectivity index is 1.58. The van der Waals surface area contributed by atoms with Crippen molar-refractivity contribution in [1.82, 2.24) is 14.9 Å². The molecule has 214 valence electrons. The monoisotopic (exact) mass is 585 g/mol. The number of carbonyl (C=O) groups is 2. The molecule has 3 aromatic carbocycles. The topological polar surface area (TPSA) is 111 Å². The maximum absolute atomic E-state index is 13.6. The number of halogens is 4. The Labute approximate surface area is 238 Å². The van der Waals surface area contributed by atoms with E-state index < -0.39 is 29.1 Å². The van der Waals surface area contributed by atoms with E-state index in [0.717, 1.165) is 25.2 Å². The van der Waals surface area contributed by atoms with E-state index in [1.54, 1.807) is 25.1 Å². The molecule has 0 aliphatic carbocycles. The number of anilines is 3. The molecule has 4 aromatic rings. The van der Waals surface area contributed by atoms with Crippen LogP contribution >= 0.6 is 11.6 Å². The molecule has 1 aliphatic heterocycles. The molecule has 1 aromatic heterocycles. The average Bonchev–Trinajstić information content (AvgIpc) is 3.38. The van der Waals surface area contributed by atoms with Gasteiger partial charge in [0.1, 0.15) is 5.52 Å². The fraction of sp³-hybridized carbons (Fsp3) is 0.250. The number of nitrogens with zero attached hydrogens (tertiary/aromatic N) is 4.